The van der Waals surface area contributed by atoms with Gasteiger partial charge in [0.05, 0.1) is 18.4 Å². The summed E-state index contributed by atoms with van der Waals surface area (Å²) in [7, 11) is -2.78. The number of rotatable bonds is 7. The van der Waals surface area contributed by atoms with Crippen molar-refractivity contribution in [1.82, 2.24) is 9.55 Å². The first-order chi connectivity index (χ1) is 11.6. The number of hydrogen-bond acceptors (Lipinski definition) is 6. The highest BCUT2D eigenvalue weighted by molar-refractivity contribution is 7.51. The Balaban J connectivity index is 2.32. The largest absolute Gasteiger partial charge is 0.374 e. The molecule has 0 amide bonds. The summed E-state index contributed by atoms with van der Waals surface area (Å²) >= 11 is 0. The molecule has 0 saturated carbocycles. The topological polar surface area (TPSA) is 140 Å². The minimum atomic E-state index is -4.21. The molecular weight excluding hydrogens is 355 g/mol. The molecule has 3 N–H and O–H groups in total. The van der Waals surface area contributed by atoms with Gasteiger partial charge in [0.1, 0.15) is 12.2 Å². The lowest BCUT2D eigenvalue weighted by Crippen LogP contribution is -2.40. The molecule has 4 atom stereocenters. The van der Waals surface area contributed by atoms with Gasteiger partial charge in [0.2, 0.25) is 0 Å². The third-order valence-electron chi connectivity index (χ3n) is 3.82. The van der Waals surface area contributed by atoms with E-state index in [4.69, 9.17) is 24.0 Å². The van der Waals surface area contributed by atoms with Gasteiger partial charge in [-0.2, -0.15) is 0 Å². The molecule has 0 radical (unpaired) electrons. The molecule has 142 valence electrons. The van der Waals surface area contributed by atoms with Gasteiger partial charge in [0, 0.05) is 19.4 Å². The molecule has 10 nitrogen and oxygen atoms in total. The normalized spacial score (nSPS) is 27.1. The van der Waals surface area contributed by atoms with Crippen molar-refractivity contribution in [2.24, 2.45) is 0 Å². The number of H-pyrrole nitrogens is 1. The van der Waals surface area contributed by atoms with Crippen molar-refractivity contribution in [2.45, 2.75) is 50.9 Å². The average Bonchev–Trinajstić information content (AvgIpc) is 2.81. The average molecular weight is 378 g/mol. The molecule has 25 heavy (non-hydrogen) atoms. The van der Waals surface area contributed by atoms with Crippen LogP contribution in [0.5, 0.6) is 0 Å². The van der Waals surface area contributed by atoms with Crippen LogP contribution in [0.2, 0.25) is 0 Å². The van der Waals surface area contributed by atoms with E-state index < -0.39 is 43.4 Å². The minimum absolute atomic E-state index is 0.0378. The predicted octanol–water partition coefficient (Wildman–Crippen LogP) is -0.190. The summed E-state index contributed by atoms with van der Waals surface area (Å²) in [5.41, 5.74) is -1.21. The van der Waals surface area contributed by atoms with Crippen molar-refractivity contribution in [3.63, 3.8) is 0 Å². The van der Waals surface area contributed by atoms with Gasteiger partial charge < -0.3 is 24.0 Å². The summed E-state index contributed by atoms with van der Waals surface area (Å²) in [6.07, 6.45) is -2.11. The fourth-order valence-corrected chi connectivity index (χ4v) is 3.41. The third kappa shape index (κ3) is 5.10. The van der Waals surface area contributed by atoms with E-state index in [1.165, 1.54) is 23.9 Å². The van der Waals surface area contributed by atoms with E-state index in [9.17, 15) is 14.2 Å². The van der Waals surface area contributed by atoms with Crippen LogP contribution in [0.1, 0.15) is 26.5 Å². The number of hydrogen-bond donors (Lipinski definition) is 3. The second kappa shape index (κ2) is 7.94. The summed E-state index contributed by atoms with van der Waals surface area (Å²) in [4.78, 5) is 43.7. The molecule has 0 aliphatic carbocycles. The van der Waals surface area contributed by atoms with Gasteiger partial charge in [-0.05, 0) is 20.3 Å². The summed E-state index contributed by atoms with van der Waals surface area (Å²) in [5.74, 6) is 0. The predicted molar refractivity (Wildman–Crippen MR) is 87.6 cm³/mol. The number of ether oxygens (including phenoxy) is 3. The van der Waals surface area contributed by atoms with Gasteiger partial charge in [0.25, 0.3) is 5.56 Å². The van der Waals surface area contributed by atoms with Crippen LogP contribution >= 0.6 is 7.60 Å². The maximum absolute atomic E-state index is 12.0. The molecule has 1 saturated heterocycles. The smallest absolute Gasteiger partial charge is 0.330 e. The van der Waals surface area contributed by atoms with E-state index in [0.29, 0.717) is 0 Å². The Morgan fingerprint density at radius 2 is 2.04 bits per heavy atom. The molecule has 11 heteroatoms. The van der Waals surface area contributed by atoms with E-state index in [0.717, 1.165) is 0 Å². The molecule has 1 aliphatic heterocycles. The Hall–Kier alpha value is -1.29. The number of nitrogens with zero attached hydrogens (tertiary/aromatic N) is 1. The molecule has 0 spiro atoms. The Morgan fingerprint density at radius 3 is 2.56 bits per heavy atom. The van der Waals surface area contributed by atoms with Crippen molar-refractivity contribution in [3.05, 3.63) is 33.1 Å². The molecule has 0 aromatic carbocycles. The van der Waals surface area contributed by atoms with Gasteiger partial charge in [-0.1, -0.05) is 0 Å². The molecule has 2 heterocycles. The summed E-state index contributed by atoms with van der Waals surface area (Å²) < 4.78 is 29.4. The Morgan fingerprint density at radius 1 is 1.36 bits per heavy atom. The quantitative estimate of drug-likeness (QED) is 0.555. The van der Waals surface area contributed by atoms with Crippen LogP contribution in [0.3, 0.4) is 0 Å². The van der Waals surface area contributed by atoms with Crippen LogP contribution < -0.4 is 11.2 Å². The van der Waals surface area contributed by atoms with Gasteiger partial charge >= 0.3 is 13.3 Å². The molecule has 1 aliphatic rings. The lowest BCUT2D eigenvalue weighted by atomic mass is 10.1. The molecular formula is C14H23N2O8P. The second-order valence-corrected chi connectivity index (χ2v) is 7.89. The van der Waals surface area contributed by atoms with Crippen molar-refractivity contribution in [2.75, 3.05) is 13.3 Å². The first kappa shape index (κ1) is 20.0. The van der Waals surface area contributed by atoms with E-state index >= 15 is 0 Å². The molecule has 1 fully saturated rings. The molecule has 1 aromatic heterocycles. The standard InChI is InChI=1S/C14H23N2O8P/c1-8(2)23-11-9(5-7-25(19,20)21)24-13(12(11)22-3)16-6-4-10(17)15-14(16)18/h4,6,8-9,11-13H,5,7H2,1-3H3,(H,15,17,18)(H2,19,20,21). The SMILES string of the molecule is COC1C(OC(C)C)C(CCP(=O)(O)O)OC1n1ccc(=O)[nH]c1=O. The van der Waals surface area contributed by atoms with Crippen LogP contribution in [0.4, 0.5) is 0 Å². The number of methoxy groups -OCH3 is 1. The summed E-state index contributed by atoms with van der Waals surface area (Å²) in [6, 6.07) is 1.18. The van der Waals surface area contributed by atoms with Gasteiger partial charge in [0.15, 0.2) is 6.23 Å². The lowest BCUT2D eigenvalue weighted by molar-refractivity contribution is -0.0791. The van der Waals surface area contributed by atoms with Crippen LogP contribution in [0.15, 0.2) is 21.9 Å². The van der Waals surface area contributed by atoms with Crippen molar-refractivity contribution < 1.29 is 28.6 Å². The molecule has 4 unspecified atom stereocenters. The summed E-state index contributed by atoms with van der Waals surface area (Å²) in [5, 5.41) is 0. The van der Waals surface area contributed by atoms with Gasteiger partial charge in [-0.15, -0.1) is 0 Å². The zero-order valence-corrected chi connectivity index (χ0v) is 15.1. The van der Waals surface area contributed by atoms with E-state index in [-0.39, 0.29) is 18.7 Å². The lowest BCUT2D eigenvalue weighted by Gasteiger charge is -2.25. The highest BCUT2D eigenvalue weighted by Crippen LogP contribution is 2.40. The number of aromatic nitrogens is 2. The fraction of sp³-hybridized carbons (Fsp3) is 0.714. The minimum Gasteiger partial charge on any atom is -0.374 e. The zero-order valence-electron chi connectivity index (χ0n) is 14.2. The Labute approximate surface area is 143 Å². The van der Waals surface area contributed by atoms with Crippen LogP contribution in [0, 0.1) is 0 Å². The highest BCUT2D eigenvalue weighted by Gasteiger charge is 2.47. The molecule has 1 aromatic rings. The summed E-state index contributed by atoms with van der Waals surface area (Å²) in [6.45, 7) is 3.62. The monoisotopic (exact) mass is 378 g/mol. The van der Waals surface area contributed by atoms with Crippen molar-refractivity contribution >= 4 is 7.60 Å². The third-order valence-corrected chi connectivity index (χ3v) is 4.66. The number of nitrogens with one attached hydrogen (secondary N) is 1. The van der Waals surface area contributed by atoms with Crippen LogP contribution in [-0.2, 0) is 18.8 Å². The Bertz CT molecular complexity index is 739. The van der Waals surface area contributed by atoms with Crippen molar-refractivity contribution in [1.29, 1.82) is 0 Å². The van der Waals surface area contributed by atoms with Crippen molar-refractivity contribution in [3.8, 4) is 0 Å². The molecule has 2 rings (SSSR count). The first-order valence-corrected chi connectivity index (χ1v) is 9.62. The van der Waals surface area contributed by atoms with E-state index in [2.05, 4.69) is 4.98 Å². The Kier molecular flexibility index (Phi) is 6.36. The maximum atomic E-state index is 12.0. The van der Waals surface area contributed by atoms with Crippen LogP contribution in [-0.4, -0.2) is 57.0 Å². The number of aromatic amines is 1. The zero-order chi connectivity index (χ0) is 18.8. The van der Waals surface area contributed by atoms with Gasteiger partial charge in [-0.25, -0.2) is 4.79 Å². The first-order valence-electron chi connectivity index (χ1n) is 7.82. The maximum Gasteiger partial charge on any atom is 0.330 e. The van der Waals surface area contributed by atoms with E-state index in [1.54, 1.807) is 0 Å². The second-order valence-electron chi connectivity index (χ2n) is 6.11. The van der Waals surface area contributed by atoms with Crippen LogP contribution in [0.25, 0.3) is 0 Å². The fourth-order valence-electron chi connectivity index (χ4n) is 2.82. The molecule has 0 bridgehead atoms. The van der Waals surface area contributed by atoms with E-state index in [1.807, 2.05) is 13.8 Å². The highest BCUT2D eigenvalue weighted by atomic mass is 31.2. The van der Waals surface area contributed by atoms with Gasteiger partial charge in [-0.3, -0.25) is 18.9 Å².